The molecule has 0 spiro atoms. The monoisotopic (exact) mass is 688 g/mol. The molecular formula is C32H27F7N8O2. The van der Waals surface area contributed by atoms with E-state index in [9.17, 15) is 32.2 Å². The molecule has 1 fully saturated rings. The number of pyridine rings is 2. The van der Waals surface area contributed by atoms with Crippen molar-refractivity contribution in [2.75, 3.05) is 36.0 Å². The van der Waals surface area contributed by atoms with Crippen molar-refractivity contribution in [1.29, 1.82) is 0 Å². The minimum absolute atomic E-state index is 0.389. The van der Waals surface area contributed by atoms with Gasteiger partial charge >= 0.3 is 12.1 Å². The molecule has 4 heterocycles. The molecule has 3 aromatic heterocycles. The summed E-state index contributed by atoms with van der Waals surface area (Å²) in [7, 11) is 0. The number of aliphatic hydroxyl groups excluding tert-OH is 1. The highest BCUT2D eigenvalue weighted by atomic mass is 19.4. The quantitative estimate of drug-likeness (QED) is 0.206. The number of hydrogen-bond acceptors (Lipinski definition) is 9. The van der Waals surface area contributed by atoms with E-state index in [0.717, 1.165) is 34.9 Å². The number of nitrogens with zero attached hydrogens (tertiary/aromatic N) is 8. The fraction of sp³-hybridized carbons (Fsp3) is 0.281. The van der Waals surface area contributed by atoms with Crippen LogP contribution in [0.5, 0.6) is 0 Å². The van der Waals surface area contributed by atoms with E-state index in [1.165, 1.54) is 24.5 Å². The van der Waals surface area contributed by atoms with Gasteiger partial charge in [-0.1, -0.05) is 18.2 Å². The summed E-state index contributed by atoms with van der Waals surface area (Å²) in [5, 5.41) is 31.2. The number of alkyl halides is 5. The van der Waals surface area contributed by atoms with Gasteiger partial charge in [-0.15, -0.1) is 5.10 Å². The summed E-state index contributed by atoms with van der Waals surface area (Å²) in [4.78, 5) is 11.5. The summed E-state index contributed by atoms with van der Waals surface area (Å²) in [6, 6.07) is 14.3. The van der Waals surface area contributed by atoms with Gasteiger partial charge in [-0.3, -0.25) is 9.97 Å². The van der Waals surface area contributed by atoms with Crippen LogP contribution in [0.25, 0.3) is 11.1 Å². The second-order valence-corrected chi connectivity index (χ2v) is 11.4. The Hall–Kier alpha value is -5.16. The summed E-state index contributed by atoms with van der Waals surface area (Å²) in [5.41, 5.74) is -2.99. The number of aromatic nitrogens is 6. The zero-order valence-electron chi connectivity index (χ0n) is 25.3. The van der Waals surface area contributed by atoms with Crippen LogP contribution in [0.3, 0.4) is 0 Å². The highest BCUT2D eigenvalue weighted by Crippen LogP contribution is 2.47. The largest absolute Gasteiger partial charge is 0.420 e. The number of halogens is 7. The first-order valence-electron chi connectivity index (χ1n) is 14.8. The fourth-order valence-electron chi connectivity index (χ4n) is 5.67. The second kappa shape index (κ2) is 13.0. The van der Waals surface area contributed by atoms with Gasteiger partial charge in [0.25, 0.3) is 0 Å². The van der Waals surface area contributed by atoms with Crippen LogP contribution >= 0.6 is 0 Å². The smallest absolute Gasteiger partial charge is 0.378 e. The Morgan fingerprint density at radius 2 is 1.45 bits per heavy atom. The number of benzene rings is 2. The lowest BCUT2D eigenvalue weighted by Gasteiger charge is -2.37. The molecule has 5 aromatic rings. The first-order valence-corrected chi connectivity index (χ1v) is 14.8. The summed E-state index contributed by atoms with van der Waals surface area (Å²) in [5.74, 6) is -6.60. The summed E-state index contributed by atoms with van der Waals surface area (Å²) in [6.45, 7) is 1.11. The maximum absolute atomic E-state index is 16.1. The lowest BCUT2D eigenvalue weighted by molar-refractivity contribution is -0.207. The number of piperazine rings is 1. The number of tetrazole rings is 1. The van der Waals surface area contributed by atoms with Gasteiger partial charge in [0.2, 0.25) is 0 Å². The van der Waals surface area contributed by atoms with Crippen molar-refractivity contribution < 1.29 is 40.9 Å². The fourth-order valence-corrected chi connectivity index (χ4v) is 5.67. The van der Waals surface area contributed by atoms with Gasteiger partial charge in [-0.05, 0) is 58.5 Å². The third-order valence-corrected chi connectivity index (χ3v) is 8.33. The van der Waals surface area contributed by atoms with Crippen LogP contribution in [0.1, 0.15) is 23.1 Å². The average molecular weight is 689 g/mol. The minimum atomic E-state index is -4.83. The maximum Gasteiger partial charge on any atom is 0.420 e. The van der Waals surface area contributed by atoms with E-state index in [2.05, 4.69) is 30.4 Å². The molecule has 0 unspecified atom stereocenters. The van der Waals surface area contributed by atoms with Gasteiger partial charge in [-0.2, -0.15) is 22.0 Å². The Morgan fingerprint density at radius 3 is 2.04 bits per heavy atom. The molecule has 2 aromatic carbocycles. The Bertz CT molecular complexity index is 1890. The number of rotatable bonds is 9. The van der Waals surface area contributed by atoms with Crippen LogP contribution in [-0.2, 0) is 18.1 Å². The van der Waals surface area contributed by atoms with Gasteiger partial charge in [-0.25, -0.2) is 13.5 Å². The van der Waals surface area contributed by atoms with Crippen molar-refractivity contribution >= 4 is 11.4 Å². The third kappa shape index (κ3) is 6.76. The number of anilines is 2. The van der Waals surface area contributed by atoms with Crippen LogP contribution in [0, 0.1) is 11.6 Å². The molecule has 0 amide bonds. The minimum Gasteiger partial charge on any atom is -0.378 e. The van der Waals surface area contributed by atoms with Crippen LogP contribution < -0.4 is 9.80 Å². The molecule has 6 rings (SSSR count). The van der Waals surface area contributed by atoms with Gasteiger partial charge < -0.3 is 20.0 Å². The van der Waals surface area contributed by atoms with Crippen LogP contribution in [0.15, 0.2) is 85.5 Å². The molecular weight excluding hydrogens is 661 g/mol. The topological polar surface area (TPSA) is 116 Å². The van der Waals surface area contributed by atoms with Gasteiger partial charge in [0.05, 0.1) is 12.2 Å². The Kier molecular flexibility index (Phi) is 8.98. The van der Waals surface area contributed by atoms with E-state index < -0.39 is 58.9 Å². The maximum atomic E-state index is 16.1. The third-order valence-electron chi connectivity index (χ3n) is 8.33. The second-order valence-electron chi connectivity index (χ2n) is 11.4. The lowest BCUT2D eigenvalue weighted by Crippen LogP contribution is -2.48. The van der Waals surface area contributed by atoms with Crippen molar-refractivity contribution in [3.05, 3.63) is 114 Å². The Morgan fingerprint density at radius 1 is 0.776 bits per heavy atom. The first kappa shape index (κ1) is 33.7. The standard InChI is InChI=1S/C32H27F7N8O2/c33-22-4-7-25(26(34)15-22)30(49,18-47-19-42-43-44-47)31(35,36)28-8-3-21(17-41-28)20-1-5-23(6-2-20)45-11-13-46(14-12-45)24-9-10-40-27(16-24)29(48)32(37,38)39/h1-10,15-17,19,29,48-49H,11-14,18H2/t29-,30+/m1/s1. The predicted octanol–water partition coefficient (Wildman–Crippen LogP) is 5.01. The van der Waals surface area contributed by atoms with E-state index in [-0.39, 0.29) is 0 Å². The highest BCUT2D eigenvalue weighted by Gasteiger charge is 2.58. The molecule has 1 aliphatic rings. The van der Waals surface area contributed by atoms with Crippen molar-refractivity contribution in [3.63, 3.8) is 0 Å². The molecule has 17 heteroatoms. The van der Waals surface area contributed by atoms with Gasteiger partial charge in [0, 0.05) is 67.1 Å². The van der Waals surface area contributed by atoms with Crippen LogP contribution in [-0.4, -0.2) is 72.7 Å². The van der Waals surface area contributed by atoms with E-state index in [0.29, 0.717) is 49.1 Å². The molecule has 10 nitrogen and oxygen atoms in total. The molecule has 0 saturated carbocycles. The Labute approximate surface area is 274 Å². The first-order chi connectivity index (χ1) is 23.3. The van der Waals surface area contributed by atoms with E-state index in [1.54, 1.807) is 18.2 Å². The van der Waals surface area contributed by atoms with E-state index >= 15 is 8.78 Å². The van der Waals surface area contributed by atoms with Crippen molar-refractivity contribution in [2.45, 2.75) is 30.3 Å². The summed E-state index contributed by atoms with van der Waals surface area (Å²) in [6.07, 6.45) is -4.11. The molecule has 0 aliphatic carbocycles. The molecule has 256 valence electrons. The Balaban J connectivity index is 1.15. The van der Waals surface area contributed by atoms with Gasteiger partial charge in [0.1, 0.15) is 23.7 Å². The highest BCUT2D eigenvalue weighted by molar-refractivity contribution is 5.66. The van der Waals surface area contributed by atoms with Gasteiger partial charge in [0.15, 0.2) is 11.7 Å². The van der Waals surface area contributed by atoms with Crippen molar-refractivity contribution in [3.8, 4) is 11.1 Å². The summed E-state index contributed by atoms with van der Waals surface area (Å²) >= 11 is 0. The normalized spacial score (nSPS) is 16.0. The van der Waals surface area contributed by atoms with E-state index in [4.69, 9.17) is 0 Å². The van der Waals surface area contributed by atoms with E-state index in [1.807, 2.05) is 17.0 Å². The lowest BCUT2D eigenvalue weighted by atomic mass is 9.84. The molecule has 2 N–H and O–H groups in total. The molecule has 0 bridgehead atoms. The predicted molar refractivity (Wildman–Crippen MR) is 161 cm³/mol. The zero-order chi connectivity index (χ0) is 35.0. The SMILES string of the molecule is O[C@H](c1cc(N2CCN(c3ccc(-c4ccc(C(F)(F)[C@](O)(Cn5cnnn5)c5ccc(F)cc5F)nc4)cc3)CC2)ccn1)C(F)(F)F. The molecule has 49 heavy (non-hydrogen) atoms. The van der Waals surface area contributed by atoms with Crippen LogP contribution in [0.4, 0.5) is 42.1 Å². The number of aliphatic hydroxyl groups is 2. The molecule has 2 atom stereocenters. The molecule has 1 aliphatic heterocycles. The van der Waals surface area contributed by atoms with Crippen molar-refractivity contribution in [2.24, 2.45) is 0 Å². The van der Waals surface area contributed by atoms with Crippen LogP contribution in [0.2, 0.25) is 0 Å². The van der Waals surface area contributed by atoms with Crippen molar-refractivity contribution in [1.82, 2.24) is 30.2 Å². The molecule has 0 radical (unpaired) electrons. The number of hydrogen-bond donors (Lipinski definition) is 2. The average Bonchev–Trinajstić information content (AvgIpc) is 3.60. The summed E-state index contributed by atoms with van der Waals surface area (Å²) < 4.78 is 100. The molecule has 1 saturated heterocycles. The zero-order valence-corrected chi connectivity index (χ0v) is 25.3.